The Balaban J connectivity index is 1.60. The summed E-state index contributed by atoms with van der Waals surface area (Å²) >= 11 is 12.5. The lowest BCUT2D eigenvalue weighted by Gasteiger charge is -2.18. The molecule has 0 saturated carbocycles. The van der Waals surface area contributed by atoms with Gasteiger partial charge in [0.25, 0.3) is 0 Å². The molecule has 4 aromatic rings. The molecule has 0 aliphatic rings. The van der Waals surface area contributed by atoms with Crippen molar-refractivity contribution in [2.45, 2.75) is 25.8 Å². The SMILES string of the molecule is CC(CC(=N)Cc1cccnc1)Nc1cc(Cl)c2ncc(C#N)c(Nc3ccc(F)c(Cl)c3)c2c1. The van der Waals surface area contributed by atoms with Crippen LogP contribution >= 0.6 is 23.2 Å². The maximum absolute atomic E-state index is 13.6. The molecule has 6 nitrogen and oxygen atoms in total. The summed E-state index contributed by atoms with van der Waals surface area (Å²) in [6, 6.07) is 13.7. The Morgan fingerprint density at radius 1 is 1.14 bits per heavy atom. The topological polar surface area (TPSA) is 97.5 Å². The number of anilines is 3. The predicted molar refractivity (Wildman–Crippen MR) is 140 cm³/mol. The molecule has 176 valence electrons. The molecule has 3 N–H and O–H groups in total. The first-order valence-corrected chi connectivity index (χ1v) is 11.6. The van der Waals surface area contributed by atoms with Crippen LogP contribution < -0.4 is 10.6 Å². The highest BCUT2D eigenvalue weighted by Crippen LogP contribution is 2.35. The molecule has 0 fully saturated rings. The first-order chi connectivity index (χ1) is 16.8. The van der Waals surface area contributed by atoms with Crippen molar-refractivity contribution >= 4 is 56.9 Å². The number of benzene rings is 2. The fourth-order valence-corrected chi connectivity index (χ4v) is 4.26. The molecule has 35 heavy (non-hydrogen) atoms. The number of nitrogens with one attached hydrogen (secondary N) is 3. The van der Waals surface area contributed by atoms with Crippen molar-refractivity contribution in [2.75, 3.05) is 10.6 Å². The number of fused-ring (bicyclic) bond motifs is 1. The summed E-state index contributed by atoms with van der Waals surface area (Å²) in [6.45, 7) is 1.99. The van der Waals surface area contributed by atoms with E-state index in [4.69, 9.17) is 28.6 Å². The lowest BCUT2D eigenvalue weighted by atomic mass is 10.0. The van der Waals surface area contributed by atoms with Gasteiger partial charge in [-0.2, -0.15) is 5.26 Å². The van der Waals surface area contributed by atoms with Crippen LogP contribution in [0, 0.1) is 22.6 Å². The fraction of sp³-hybridized carbons (Fsp3) is 0.154. The summed E-state index contributed by atoms with van der Waals surface area (Å²) in [5.74, 6) is -0.532. The van der Waals surface area contributed by atoms with Crippen molar-refractivity contribution < 1.29 is 4.39 Å². The van der Waals surface area contributed by atoms with E-state index in [2.05, 4.69) is 26.7 Å². The van der Waals surface area contributed by atoms with Gasteiger partial charge in [0, 0.05) is 59.9 Å². The smallest absolute Gasteiger partial charge is 0.141 e. The van der Waals surface area contributed by atoms with Crippen molar-refractivity contribution in [3.05, 3.63) is 88.0 Å². The van der Waals surface area contributed by atoms with Gasteiger partial charge in [-0.3, -0.25) is 9.97 Å². The third-order valence-electron chi connectivity index (χ3n) is 5.34. The Hall–Kier alpha value is -3.73. The number of hydrogen-bond donors (Lipinski definition) is 3. The third-order valence-corrected chi connectivity index (χ3v) is 5.92. The molecule has 0 radical (unpaired) electrons. The second-order valence-corrected chi connectivity index (χ2v) is 8.97. The quantitative estimate of drug-likeness (QED) is 0.220. The molecule has 2 aromatic heterocycles. The Morgan fingerprint density at radius 2 is 1.94 bits per heavy atom. The summed E-state index contributed by atoms with van der Waals surface area (Å²) in [5.41, 5.74) is 4.12. The number of rotatable bonds is 8. The minimum atomic E-state index is -0.532. The van der Waals surface area contributed by atoms with E-state index in [1.54, 1.807) is 18.5 Å². The van der Waals surface area contributed by atoms with Crippen LogP contribution in [0.5, 0.6) is 0 Å². The van der Waals surface area contributed by atoms with Crippen LogP contribution in [0.25, 0.3) is 10.9 Å². The Morgan fingerprint density at radius 3 is 2.66 bits per heavy atom. The van der Waals surface area contributed by atoms with Gasteiger partial charge in [-0.1, -0.05) is 29.3 Å². The van der Waals surface area contributed by atoms with E-state index in [1.807, 2.05) is 25.1 Å². The molecule has 1 unspecified atom stereocenters. The molecule has 0 aliphatic carbocycles. The van der Waals surface area contributed by atoms with Crippen molar-refractivity contribution in [3.63, 3.8) is 0 Å². The molecule has 0 aliphatic heterocycles. The Kier molecular flexibility index (Phi) is 7.45. The number of nitrogens with zero attached hydrogens (tertiary/aromatic N) is 3. The van der Waals surface area contributed by atoms with Gasteiger partial charge < -0.3 is 16.0 Å². The molecule has 9 heteroatoms. The van der Waals surface area contributed by atoms with E-state index in [0.717, 1.165) is 11.3 Å². The zero-order chi connectivity index (χ0) is 24.9. The molecule has 4 rings (SSSR count). The minimum absolute atomic E-state index is 0.0326. The highest BCUT2D eigenvalue weighted by molar-refractivity contribution is 6.36. The number of aromatic nitrogens is 2. The third kappa shape index (κ3) is 5.86. The van der Waals surface area contributed by atoms with Gasteiger partial charge in [-0.25, -0.2) is 4.39 Å². The molecular weight excluding hydrogens is 486 g/mol. The van der Waals surface area contributed by atoms with E-state index >= 15 is 0 Å². The molecular formula is C26H21Cl2FN6. The van der Waals surface area contributed by atoms with Crippen molar-refractivity contribution in [1.29, 1.82) is 10.7 Å². The maximum Gasteiger partial charge on any atom is 0.141 e. The standard InChI is InChI=1S/C26H21Cl2FN6/c1-15(7-18(31)8-16-3-2-6-32-13-16)34-20-9-21-25(35-19-4-5-24(29)22(27)10-19)17(12-30)14-33-26(21)23(28)11-20/h2-6,9-11,13-15,31,34H,7-8H2,1H3,(H,33,35). The summed E-state index contributed by atoms with van der Waals surface area (Å²) in [6.07, 6.45) is 5.97. The molecule has 0 bridgehead atoms. The van der Waals surface area contributed by atoms with E-state index in [1.165, 1.54) is 24.4 Å². The maximum atomic E-state index is 13.6. The van der Waals surface area contributed by atoms with Gasteiger partial charge in [0.05, 0.1) is 26.8 Å². The van der Waals surface area contributed by atoms with Crippen LogP contribution in [0.2, 0.25) is 10.0 Å². The number of pyridine rings is 2. The fourth-order valence-electron chi connectivity index (χ4n) is 3.81. The van der Waals surface area contributed by atoms with Gasteiger partial charge in [-0.15, -0.1) is 0 Å². The van der Waals surface area contributed by atoms with Crippen molar-refractivity contribution in [2.24, 2.45) is 0 Å². The first-order valence-electron chi connectivity index (χ1n) is 10.8. The van der Waals surface area contributed by atoms with Gasteiger partial charge in [-0.05, 0) is 48.9 Å². The van der Waals surface area contributed by atoms with E-state index in [0.29, 0.717) is 51.4 Å². The monoisotopic (exact) mass is 506 g/mol. The Labute approximate surface area is 212 Å². The van der Waals surface area contributed by atoms with E-state index in [-0.39, 0.29) is 11.1 Å². The largest absolute Gasteiger partial charge is 0.382 e. The number of nitriles is 1. The minimum Gasteiger partial charge on any atom is -0.382 e. The number of hydrogen-bond acceptors (Lipinski definition) is 6. The van der Waals surface area contributed by atoms with E-state index < -0.39 is 5.82 Å². The summed E-state index contributed by atoms with van der Waals surface area (Å²) in [7, 11) is 0. The van der Waals surface area contributed by atoms with E-state index in [9.17, 15) is 9.65 Å². The van der Waals surface area contributed by atoms with Crippen LogP contribution in [0.1, 0.15) is 24.5 Å². The lowest BCUT2D eigenvalue weighted by Crippen LogP contribution is -2.20. The second-order valence-electron chi connectivity index (χ2n) is 8.16. The van der Waals surface area contributed by atoms with Crippen molar-refractivity contribution in [3.8, 4) is 6.07 Å². The van der Waals surface area contributed by atoms with Gasteiger partial charge in [0.1, 0.15) is 11.9 Å². The molecule has 0 spiro atoms. The molecule has 1 atom stereocenters. The average Bonchev–Trinajstić information content (AvgIpc) is 2.82. The predicted octanol–water partition coefficient (Wildman–Crippen LogP) is 7.14. The van der Waals surface area contributed by atoms with Gasteiger partial charge in [0.15, 0.2) is 0 Å². The highest BCUT2D eigenvalue weighted by Gasteiger charge is 2.15. The second kappa shape index (κ2) is 10.7. The highest BCUT2D eigenvalue weighted by atomic mass is 35.5. The van der Waals surface area contributed by atoms with Gasteiger partial charge >= 0.3 is 0 Å². The molecule has 2 aromatic carbocycles. The summed E-state index contributed by atoms with van der Waals surface area (Å²) in [4.78, 5) is 8.45. The molecule has 0 amide bonds. The number of halogens is 3. The van der Waals surface area contributed by atoms with Gasteiger partial charge in [0.2, 0.25) is 0 Å². The van der Waals surface area contributed by atoms with Crippen LogP contribution in [-0.4, -0.2) is 21.7 Å². The van der Waals surface area contributed by atoms with Crippen LogP contribution in [-0.2, 0) is 6.42 Å². The lowest BCUT2D eigenvalue weighted by molar-refractivity contribution is 0.628. The molecule has 0 saturated heterocycles. The molecule has 2 heterocycles. The van der Waals surface area contributed by atoms with Crippen LogP contribution in [0.15, 0.2) is 61.1 Å². The van der Waals surface area contributed by atoms with Crippen molar-refractivity contribution in [1.82, 2.24) is 9.97 Å². The first kappa shape index (κ1) is 24.4. The zero-order valence-corrected chi connectivity index (χ0v) is 20.3. The Bertz CT molecular complexity index is 1440. The van der Waals surface area contributed by atoms with Crippen LogP contribution in [0.3, 0.4) is 0 Å². The average molecular weight is 507 g/mol. The summed E-state index contributed by atoms with van der Waals surface area (Å²) < 4.78 is 13.6. The zero-order valence-electron chi connectivity index (χ0n) is 18.7. The van der Waals surface area contributed by atoms with Crippen LogP contribution in [0.4, 0.5) is 21.5 Å². The normalized spacial score (nSPS) is 11.6. The summed E-state index contributed by atoms with van der Waals surface area (Å²) in [5, 5.41) is 25.6.